The molecule has 0 bridgehead atoms. The number of rotatable bonds is 7. The first kappa shape index (κ1) is 20.2. The maximum Gasteiger partial charge on any atom is 0.255 e. The van der Waals surface area contributed by atoms with Gasteiger partial charge < -0.3 is 20.2 Å². The summed E-state index contributed by atoms with van der Waals surface area (Å²) in [4.78, 5) is 14.6. The molecular formula is C21H29ClN2O3. The van der Waals surface area contributed by atoms with Crippen LogP contribution in [0.2, 0.25) is 5.02 Å². The Hall–Kier alpha value is -1.56. The van der Waals surface area contributed by atoms with Gasteiger partial charge in [0.25, 0.3) is 5.56 Å². The van der Waals surface area contributed by atoms with Crippen molar-refractivity contribution in [3.63, 3.8) is 0 Å². The van der Waals surface area contributed by atoms with Crippen LogP contribution in [0.4, 0.5) is 0 Å². The summed E-state index contributed by atoms with van der Waals surface area (Å²) >= 11 is 6.37. The molecule has 0 spiro atoms. The minimum absolute atomic E-state index is 0.0328. The predicted octanol–water partition coefficient (Wildman–Crippen LogP) is 4.26. The molecular weight excluding hydrogens is 364 g/mol. The molecule has 5 nitrogen and oxygen atoms in total. The number of nitrogens with two attached hydrogens (primary N) is 1. The number of aromatic nitrogens is 1. The highest BCUT2D eigenvalue weighted by Crippen LogP contribution is 2.42. The van der Waals surface area contributed by atoms with Crippen LogP contribution in [0.1, 0.15) is 46.0 Å². The van der Waals surface area contributed by atoms with E-state index in [-0.39, 0.29) is 23.1 Å². The number of aromatic amines is 1. The topological polar surface area (TPSA) is 77.3 Å². The smallest absolute Gasteiger partial charge is 0.255 e. The molecule has 27 heavy (non-hydrogen) atoms. The molecule has 1 aromatic heterocycles. The molecule has 1 aromatic carbocycles. The van der Waals surface area contributed by atoms with Gasteiger partial charge in [-0.2, -0.15) is 0 Å². The van der Waals surface area contributed by atoms with Crippen molar-refractivity contribution in [3.05, 3.63) is 39.8 Å². The van der Waals surface area contributed by atoms with Crippen LogP contribution in [-0.2, 0) is 4.74 Å². The fourth-order valence-corrected chi connectivity index (χ4v) is 4.31. The van der Waals surface area contributed by atoms with Crippen molar-refractivity contribution in [2.45, 2.75) is 58.1 Å². The summed E-state index contributed by atoms with van der Waals surface area (Å²) in [6.07, 6.45) is 6.49. The van der Waals surface area contributed by atoms with Gasteiger partial charge in [0.1, 0.15) is 5.75 Å². The van der Waals surface area contributed by atoms with E-state index in [4.69, 9.17) is 26.8 Å². The largest absolute Gasteiger partial charge is 0.489 e. The zero-order chi connectivity index (χ0) is 19.4. The molecule has 0 radical (unpaired) electrons. The van der Waals surface area contributed by atoms with E-state index in [0.29, 0.717) is 29.4 Å². The Kier molecular flexibility index (Phi) is 6.45. The monoisotopic (exact) mass is 392 g/mol. The number of hydrogen-bond donors (Lipinski definition) is 2. The molecule has 0 unspecified atom stereocenters. The van der Waals surface area contributed by atoms with Crippen LogP contribution in [0.15, 0.2) is 29.2 Å². The average Bonchev–Trinajstić information content (AvgIpc) is 2.68. The maximum atomic E-state index is 11.9. The van der Waals surface area contributed by atoms with E-state index in [1.54, 1.807) is 12.3 Å². The van der Waals surface area contributed by atoms with Crippen molar-refractivity contribution in [2.75, 3.05) is 13.2 Å². The zero-order valence-corrected chi connectivity index (χ0v) is 16.8. The van der Waals surface area contributed by atoms with Crippen molar-refractivity contribution in [1.29, 1.82) is 0 Å². The Labute approximate surface area is 165 Å². The Bertz CT molecular complexity index is 828. The molecule has 3 N–H and O–H groups in total. The van der Waals surface area contributed by atoms with Gasteiger partial charge in [-0.05, 0) is 62.6 Å². The number of benzene rings is 1. The number of H-pyrrole nitrogens is 1. The quantitative estimate of drug-likeness (QED) is 0.737. The van der Waals surface area contributed by atoms with Crippen LogP contribution in [-0.4, -0.2) is 30.3 Å². The molecule has 1 saturated carbocycles. The van der Waals surface area contributed by atoms with Crippen molar-refractivity contribution in [1.82, 2.24) is 4.98 Å². The third-order valence-corrected chi connectivity index (χ3v) is 6.16. The predicted molar refractivity (Wildman–Crippen MR) is 110 cm³/mol. The van der Waals surface area contributed by atoms with Crippen molar-refractivity contribution in [3.8, 4) is 5.75 Å². The van der Waals surface area contributed by atoms with Crippen LogP contribution in [0.25, 0.3) is 10.8 Å². The van der Waals surface area contributed by atoms with Gasteiger partial charge in [-0.25, -0.2) is 0 Å². The second-order valence-electron chi connectivity index (χ2n) is 7.51. The first-order chi connectivity index (χ1) is 13.0. The Balaban J connectivity index is 1.72. The van der Waals surface area contributed by atoms with Crippen molar-refractivity contribution < 1.29 is 9.47 Å². The summed E-state index contributed by atoms with van der Waals surface area (Å²) in [5.74, 6) is 0.636. The summed E-state index contributed by atoms with van der Waals surface area (Å²) in [5.41, 5.74) is 6.33. The molecule has 6 heteroatoms. The van der Waals surface area contributed by atoms with Crippen LogP contribution >= 0.6 is 11.6 Å². The molecule has 3 rings (SSSR count). The lowest BCUT2D eigenvalue weighted by molar-refractivity contribution is -0.0163. The van der Waals surface area contributed by atoms with Crippen molar-refractivity contribution in [2.24, 2.45) is 11.1 Å². The lowest BCUT2D eigenvalue weighted by Crippen LogP contribution is -2.48. The first-order valence-corrected chi connectivity index (χ1v) is 10.2. The van der Waals surface area contributed by atoms with Crippen LogP contribution < -0.4 is 16.0 Å². The number of hydrogen-bond acceptors (Lipinski definition) is 4. The third kappa shape index (κ3) is 4.31. The lowest BCUT2D eigenvalue weighted by Gasteiger charge is -2.43. The van der Waals surface area contributed by atoms with Gasteiger partial charge in [0, 0.05) is 29.6 Å². The van der Waals surface area contributed by atoms with Crippen molar-refractivity contribution >= 4 is 22.4 Å². The van der Waals surface area contributed by atoms with Gasteiger partial charge in [0.2, 0.25) is 0 Å². The second-order valence-corrected chi connectivity index (χ2v) is 7.92. The van der Waals surface area contributed by atoms with E-state index in [9.17, 15) is 4.79 Å². The third-order valence-electron chi connectivity index (χ3n) is 5.87. The van der Waals surface area contributed by atoms with E-state index in [1.807, 2.05) is 19.1 Å². The van der Waals surface area contributed by atoms with Gasteiger partial charge in [0.15, 0.2) is 0 Å². The minimum atomic E-state index is -0.145. The van der Waals surface area contributed by atoms with Crippen LogP contribution in [0.3, 0.4) is 0 Å². The SMILES string of the molecule is CCOC[C@]1([C@H](N)CC)CC[C@H](Oc2cc3cc[nH]c(=O)c3cc2Cl)CC1. The second kappa shape index (κ2) is 8.63. The fourth-order valence-electron chi connectivity index (χ4n) is 4.10. The highest BCUT2D eigenvalue weighted by Gasteiger charge is 2.40. The highest BCUT2D eigenvalue weighted by atomic mass is 35.5. The van der Waals surface area contributed by atoms with Gasteiger partial charge in [-0.15, -0.1) is 0 Å². The number of ether oxygens (including phenoxy) is 2. The molecule has 1 heterocycles. The van der Waals surface area contributed by atoms with Crippen LogP contribution in [0, 0.1) is 5.41 Å². The summed E-state index contributed by atoms with van der Waals surface area (Å²) < 4.78 is 12.0. The molecule has 1 aliphatic carbocycles. The molecule has 1 atom stereocenters. The molecule has 0 saturated heterocycles. The zero-order valence-electron chi connectivity index (χ0n) is 16.1. The Morgan fingerprint density at radius 3 is 2.74 bits per heavy atom. The Morgan fingerprint density at radius 2 is 2.07 bits per heavy atom. The van der Waals surface area contributed by atoms with Gasteiger partial charge in [-0.3, -0.25) is 4.79 Å². The standard InChI is InChI=1S/C21H29ClN2O3/c1-3-19(23)21(13-26-4-2)8-5-15(6-9-21)27-18-11-14-7-10-24-20(25)16(14)12-17(18)22/h7,10-12,15,19H,3-6,8-9,13,23H2,1-2H3,(H,24,25)/t15-,19-,21-/m1/s1. The summed E-state index contributed by atoms with van der Waals surface area (Å²) in [5, 5.41) is 1.87. The summed E-state index contributed by atoms with van der Waals surface area (Å²) in [6.45, 7) is 5.58. The Morgan fingerprint density at radius 1 is 1.33 bits per heavy atom. The van der Waals surface area contributed by atoms with E-state index in [0.717, 1.165) is 37.5 Å². The first-order valence-electron chi connectivity index (χ1n) is 9.80. The van der Waals surface area contributed by atoms with E-state index in [1.165, 1.54) is 0 Å². The van der Waals surface area contributed by atoms with Gasteiger partial charge in [-0.1, -0.05) is 18.5 Å². The number of halogens is 1. The minimum Gasteiger partial charge on any atom is -0.489 e. The van der Waals surface area contributed by atoms with E-state index >= 15 is 0 Å². The average molecular weight is 393 g/mol. The van der Waals surface area contributed by atoms with E-state index in [2.05, 4.69) is 11.9 Å². The highest BCUT2D eigenvalue weighted by molar-refractivity contribution is 6.32. The fraction of sp³-hybridized carbons (Fsp3) is 0.571. The van der Waals surface area contributed by atoms with Gasteiger partial charge >= 0.3 is 0 Å². The summed E-state index contributed by atoms with van der Waals surface area (Å²) in [7, 11) is 0. The lowest BCUT2D eigenvalue weighted by atomic mass is 9.68. The normalized spacial score (nSPS) is 24.1. The van der Waals surface area contributed by atoms with Crippen LogP contribution in [0.5, 0.6) is 5.75 Å². The molecule has 0 amide bonds. The molecule has 148 valence electrons. The van der Waals surface area contributed by atoms with E-state index < -0.39 is 0 Å². The number of fused-ring (bicyclic) bond motifs is 1. The molecule has 0 aliphatic heterocycles. The van der Waals surface area contributed by atoms with Gasteiger partial charge in [0.05, 0.1) is 17.7 Å². The number of pyridine rings is 1. The molecule has 1 fully saturated rings. The number of nitrogens with one attached hydrogen (secondary N) is 1. The maximum absolute atomic E-state index is 11.9. The summed E-state index contributed by atoms with van der Waals surface area (Å²) in [6, 6.07) is 5.53. The molecule has 2 aromatic rings. The molecule has 1 aliphatic rings.